The Morgan fingerprint density at radius 2 is 2.47 bits per heavy atom. The van der Waals surface area contributed by atoms with Crippen LogP contribution in [0.25, 0.3) is 5.53 Å². The smallest absolute Gasteiger partial charge is 0.324 e. The highest BCUT2D eigenvalue weighted by Gasteiger charge is 2.71. The molecule has 0 aromatic carbocycles. The number of carbonyl (C=O) groups is 1. The number of ether oxygens (including phenoxy) is 1. The fraction of sp³-hybridized carbons (Fsp3) is 0.538. The molecule has 0 N–H and O–H groups in total. The maximum absolute atomic E-state index is 12.2. The van der Waals surface area contributed by atoms with E-state index in [0.717, 1.165) is 24.8 Å². The first kappa shape index (κ1) is 11.8. The standard InChI is InChI=1S/C13H16N2O2/c1-3-5-9-10-6-4-7-12(17-2)13(9,10)11(16)8-15-14/h3,5,7-10H,4,6H2,1-2H3/b5-3+/t9-,10-,13+/m0/s1. The zero-order valence-corrected chi connectivity index (χ0v) is 10.1. The fourth-order valence-corrected chi connectivity index (χ4v) is 3.18. The molecule has 17 heavy (non-hydrogen) atoms. The molecule has 0 aromatic heterocycles. The maximum Gasteiger partial charge on any atom is 0.324 e. The van der Waals surface area contributed by atoms with Crippen molar-refractivity contribution in [3.8, 4) is 0 Å². The van der Waals surface area contributed by atoms with Gasteiger partial charge in [0, 0.05) is 5.92 Å². The van der Waals surface area contributed by atoms with Crippen molar-refractivity contribution < 1.29 is 14.3 Å². The van der Waals surface area contributed by atoms with Crippen LogP contribution in [0.3, 0.4) is 0 Å². The molecule has 0 amide bonds. The Hall–Kier alpha value is -1.67. The van der Waals surface area contributed by atoms with Crippen molar-refractivity contribution in [2.24, 2.45) is 17.3 Å². The number of hydrogen-bond donors (Lipinski definition) is 0. The minimum absolute atomic E-state index is 0.166. The molecular formula is C13H16N2O2. The van der Waals surface area contributed by atoms with Crippen LogP contribution in [-0.4, -0.2) is 23.9 Å². The summed E-state index contributed by atoms with van der Waals surface area (Å²) < 4.78 is 5.36. The van der Waals surface area contributed by atoms with Crippen molar-refractivity contribution >= 4 is 12.0 Å². The second-order valence-electron chi connectivity index (χ2n) is 4.49. The molecule has 2 rings (SSSR count). The average Bonchev–Trinajstić information content (AvgIpc) is 2.99. The minimum atomic E-state index is -0.605. The van der Waals surface area contributed by atoms with Gasteiger partial charge in [-0.25, -0.2) is 0 Å². The van der Waals surface area contributed by atoms with Crippen LogP contribution in [0.15, 0.2) is 24.0 Å². The summed E-state index contributed by atoms with van der Waals surface area (Å²) in [6.45, 7) is 1.94. The van der Waals surface area contributed by atoms with Gasteiger partial charge in [0.05, 0.1) is 7.11 Å². The topological polar surface area (TPSA) is 62.7 Å². The van der Waals surface area contributed by atoms with Gasteiger partial charge in [0.1, 0.15) is 11.2 Å². The summed E-state index contributed by atoms with van der Waals surface area (Å²) in [5.74, 6) is 1.01. The Balaban J connectivity index is 2.43. The number of Topliss-reactive ketones (excluding diaryl/α,β-unsaturated/α-hetero) is 1. The number of fused-ring (bicyclic) bond motifs is 1. The van der Waals surface area contributed by atoms with Crippen LogP contribution in [-0.2, 0) is 9.53 Å². The third-order valence-corrected chi connectivity index (χ3v) is 3.85. The van der Waals surface area contributed by atoms with E-state index in [1.807, 2.05) is 25.2 Å². The third kappa shape index (κ3) is 1.48. The van der Waals surface area contributed by atoms with Crippen molar-refractivity contribution in [1.29, 1.82) is 0 Å². The van der Waals surface area contributed by atoms with Crippen LogP contribution in [0.1, 0.15) is 19.8 Å². The average molecular weight is 232 g/mol. The Kier molecular flexibility index (Phi) is 2.99. The van der Waals surface area contributed by atoms with Gasteiger partial charge in [0.15, 0.2) is 0 Å². The predicted octanol–water partition coefficient (Wildman–Crippen LogP) is 1.99. The molecule has 0 bridgehead atoms. The molecule has 2 aliphatic carbocycles. The summed E-state index contributed by atoms with van der Waals surface area (Å²) in [5.41, 5.74) is 7.94. The van der Waals surface area contributed by atoms with E-state index in [0.29, 0.717) is 0 Å². The molecular weight excluding hydrogens is 216 g/mol. The molecule has 4 heteroatoms. The molecule has 3 atom stereocenters. The zero-order valence-electron chi connectivity index (χ0n) is 10.1. The highest BCUT2D eigenvalue weighted by atomic mass is 16.5. The van der Waals surface area contributed by atoms with Gasteiger partial charge >= 0.3 is 6.21 Å². The molecule has 0 aliphatic heterocycles. The number of nitrogens with zero attached hydrogens (tertiary/aromatic N) is 2. The van der Waals surface area contributed by atoms with Crippen LogP contribution in [0.5, 0.6) is 0 Å². The molecule has 0 saturated heterocycles. The number of carbonyl (C=O) groups excluding carboxylic acids is 1. The van der Waals surface area contributed by atoms with E-state index < -0.39 is 5.41 Å². The fourth-order valence-electron chi connectivity index (χ4n) is 3.18. The third-order valence-electron chi connectivity index (χ3n) is 3.85. The van der Waals surface area contributed by atoms with Crippen LogP contribution in [0.4, 0.5) is 0 Å². The predicted molar refractivity (Wildman–Crippen MR) is 63.2 cm³/mol. The van der Waals surface area contributed by atoms with Crippen LogP contribution < -0.4 is 0 Å². The first-order valence-corrected chi connectivity index (χ1v) is 5.82. The molecule has 2 aliphatic rings. The van der Waals surface area contributed by atoms with Crippen molar-refractivity contribution in [3.05, 3.63) is 29.5 Å². The zero-order chi connectivity index (χ0) is 12.5. The number of hydrogen-bond acceptors (Lipinski definition) is 2. The normalized spacial score (nSPS) is 34.6. The van der Waals surface area contributed by atoms with E-state index in [1.54, 1.807) is 7.11 Å². The molecule has 0 heterocycles. The van der Waals surface area contributed by atoms with Crippen molar-refractivity contribution in [2.45, 2.75) is 19.8 Å². The van der Waals surface area contributed by atoms with Gasteiger partial charge in [0.2, 0.25) is 0 Å². The van der Waals surface area contributed by atoms with Gasteiger partial charge in [-0.2, -0.15) is 4.79 Å². The summed E-state index contributed by atoms with van der Waals surface area (Å²) in [7, 11) is 1.59. The Morgan fingerprint density at radius 3 is 3.06 bits per heavy atom. The summed E-state index contributed by atoms with van der Waals surface area (Å²) in [5, 5.41) is 0. The highest BCUT2D eigenvalue weighted by molar-refractivity contribution is 6.30. The largest absolute Gasteiger partial charge is 0.500 e. The Morgan fingerprint density at radius 1 is 1.71 bits per heavy atom. The Labute approximate surface area is 101 Å². The lowest BCUT2D eigenvalue weighted by Gasteiger charge is -2.19. The second-order valence-corrected chi connectivity index (χ2v) is 4.49. The minimum Gasteiger partial charge on any atom is -0.500 e. The van der Waals surface area contributed by atoms with Crippen LogP contribution >= 0.6 is 0 Å². The van der Waals surface area contributed by atoms with Crippen LogP contribution in [0, 0.1) is 17.3 Å². The first-order valence-electron chi connectivity index (χ1n) is 5.82. The van der Waals surface area contributed by atoms with Crippen LogP contribution in [0.2, 0.25) is 0 Å². The monoisotopic (exact) mass is 232 g/mol. The number of ketones is 1. The molecule has 0 unspecified atom stereocenters. The second kappa shape index (κ2) is 4.30. The van der Waals surface area contributed by atoms with Gasteiger partial charge in [-0.15, -0.1) is 0 Å². The van der Waals surface area contributed by atoms with Gasteiger partial charge in [0.25, 0.3) is 5.78 Å². The molecule has 90 valence electrons. The number of methoxy groups -OCH3 is 1. The van der Waals surface area contributed by atoms with Gasteiger partial charge < -0.3 is 10.3 Å². The summed E-state index contributed by atoms with van der Waals surface area (Å²) >= 11 is 0. The molecule has 1 saturated carbocycles. The first-order chi connectivity index (χ1) is 8.23. The molecule has 0 radical (unpaired) electrons. The van der Waals surface area contributed by atoms with Gasteiger partial charge in [-0.05, 0) is 31.8 Å². The molecule has 0 spiro atoms. The van der Waals surface area contributed by atoms with E-state index >= 15 is 0 Å². The van der Waals surface area contributed by atoms with E-state index in [9.17, 15) is 4.79 Å². The lowest BCUT2D eigenvalue weighted by molar-refractivity contribution is -0.121. The lowest BCUT2D eigenvalue weighted by atomic mass is 9.88. The summed E-state index contributed by atoms with van der Waals surface area (Å²) in [6, 6.07) is 0. The van der Waals surface area contributed by atoms with Crippen molar-refractivity contribution in [3.63, 3.8) is 0 Å². The quantitative estimate of drug-likeness (QED) is 0.322. The van der Waals surface area contributed by atoms with E-state index in [-0.39, 0.29) is 17.6 Å². The maximum atomic E-state index is 12.2. The SMILES string of the molecule is C/C=C/[C@H]1[C@@H]2CCC=C(OC)[C@]12C(=O)C=[N+]=[N-]. The summed E-state index contributed by atoms with van der Waals surface area (Å²) in [4.78, 5) is 15.0. The van der Waals surface area contributed by atoms with E-state index in [2.05, 4.69) is 4.79 Å². The Bertz CT molecular complexity index is 446. The lowest BCUT2D eigenvalue weighted by Crippen LogP contribution is -2.26. The highest BCUT2D eigenvalue weighted by Crippen LogP contribution is 2.68. The van der Waals surface area contributed by atoms with Crippen molar-refractivity contribution in [2.75, 3.05) is 7.11 Å². The summed E-state index contributed by atoms with van der Waals surface area (Å²) in [6.07, 6.45) is 8.89. The molecule has 1 fully saturated rings. The number of allylic oxidation sites excluding steroid dienone is 4. The van der Waals surface area contributed by atoms with Gasteiger partial charge in [-0.3, -0.25) is 4.79 Å². The van der Waals surface area contributed by atoms with Gasteiger partial charge in [-0.1, -0.05) is 12.2 Å². The van der Waals surface area contributed by atoms with E-state index in [4.69, 9.17) is 10.3 Å². The molecule has 4 nitrogen and oxygen atoms in total. The molecule has 0 aromatic rings. The number of rotatable bonds is 4. The van der Waals surface area contributed by atoms with E-state index in [1.165, 1.54) is 0 Å². The van der Waals surface area contributed by atoms with Crippen molar-refractivity contribution in [1.82, 2.24) is 0 Å².